The normalized spacial score (nSPS) is 19.4. The molecule has 1 aromatic carbocycles. The minimum absolute atomic E-state index is 0.0620. The molecule has 114 valence electrons. The molecule has 0 aromatic heterocycles. The van der Waals surface area contributed by atoms with Gasteiger partial charge in [0.2, 0.25) is 5.67 Å². The number of carbonyl (C=O) groups excluding carboxylic acids is 2. The Labute approximate surface area is 121 Å². The van der Waals surface area contributed by atoms with Crippen LogP contribution in [0.2, 0.25) is 0 Å². The molecule has 0 aliphatic carbocycles. The lowest BCUT2D eigenvalue weighted by Gasteiger charge is -2.47. The zero-order chi connectivity index (χ0) is 15.8. The standard InChI is InChI=1S/C15H17F2NO3/c1-14(13(20)21-3)8-18(9-14)12(19)15(2,17)10-6-4-5-7-11(10)16/h4-7H,8-9H2,1-3H3. The third-order valence-electron chi connectivity index (χ3n) is 3.83. The highest BCUT2D eigenvalue weighted by atomic mass is 19.1. The molecule has 1 saturated heterocycles. The summed E-state index contributed by atoms with van der Waals surface area (Å²) in [7, 11) is 1.26. The molecule has 0 bridgehead atoms. The predicted octanol–water partition coefficient (Wildman–Crippen LogP) is 2.03. The maximum atomic E-state index is 14.7. The van der Waals surface area contributed by atoms with Gasteiger partial charge >= 0.3 is 5.97 Å². The molecule has 0 saturated carbocycles. The second kappa shape index (κ2) is 5.09. The summed E-state index contributed by atoms with van der Waals surface area (Å²) in [4.78, 5) is 25.0. The number of ether oxygens (including phenoxy) is 1. The second-order valence-electron chi connectivity index (χ2n) is 5.70. The van der Waals surface area contributed by atoms with Crippen molar-refractivity contribution in [3.8, 4) is 0 Å². The van der Waals surface area contributed by atoms with Gasteiger partial charge in [0.15, 0.2) is 0 Å². The van der Waals surface area contributed by atoms with Gasteiger partial charge in [0.05, 0.1) is 7.11 Å². The van der Waals surface area contributed by atoms with Crippen LogP contribution in [-0.2, 0) is 20.0 Å². The van der Waals surface area contributed by atoms with E-state index in [1.807, 2.05) is 0 Å². The SMILES string of the molecule is COC(=O)C1(C)CN(C(=O)C(C)(F)c2ccccc2F)C1. The summed E-state index contributed by atoms with van der Waals surface area (Å²) >= 11 is 0. The molecule has 0 spiro atoms. The molecule has 21 heavy (non-hydrogen) atoms. The molecule has 1 aromatic rings. The fraction of sp³-hybridized carbons (Fsp3) is 0.467. The van der Waals surface area contributed by atoms with Gasteiger partial charge in [-0.2, -0.15) is 0 Å². The number of carbonyl (C=O) groups is 2. The summed E-state index contributed by atoms with van der Waals surface area (Å²) in [6, 6.07) is 5.25. The molecule has 0 radical (unpaired) electrons. The van der Waals surface area contributed by atoms with E-state index in [1.165, 1.54) is 30.2 Å². The number of alkyl halides is 1. The van der Waals surface area contributed by atoms with Crippen molar-refractivity contribution in [2.24, 2.45) is 5.41 Å². The summed E-state index contributed by atoms with van der Waals surface area (Å²) < 4.78 is 33.1. The van der Waals surface area contributed by atoms with Crippen LogP contribution in [-0.4, -0.2) is 37.0 Å². The molecule has 1 aliphatic rings. The van der Waals surface area contributed by atoms with Crippen molar-refractivity contribution in [2.45, 2.75) is 19.5 Å². The molecule has 1 fully saturated rings. The van der Waals surface area contributed by atoms with E-state index in [1.54, 1.807) is 6.92 Å². The average Bonchev–Trinajstić information content (AvgIpc) is 2.42. The topological polar surface area (TPSA) is 46.6 Å². The Bertz CT molecular complexity index is 580. The van der Waals surface area contributed by atoms with Crippen LogP contribution in [0.5, 0.6) is 0 Å². The van der Waals surface area contributed by atoms with Gasteiger partial charge in [-0.05, 0) is 19.9 Å². The zero-order valence-electron chi connectivity index (χ0n) is 12.2. The Morgan fingerprint density at radius 2 is 1.90 bits per heavy atom. The van der Waals surface area contributed by atoms with E-state index in [0.717, 1.165) is 13.0 Å². The van der Waals surface area contributed by atoms with E-state index >= 15 is 0 Å². The van der Waals surface area contributed by atoms with Crippen molar-refractivity contribution in [1.82, 2.24) is 4.90 Å². The smallest absolute Gasteiger partial charge is 0.315 e. The van der Waals surface area contributed by atoms with E-state index in [2.05, 4.69) is 4.74 Å². The first-order valence-electron chi connectivity index (χ1n) is 6.54. The maximum Gasteiger partial charge on any atom is 0.315 e. The van der Waals surface area contributed by atoms with Gasteiger partial charge in [-0.3, -0.25) is 9.59 Å². The number of benzene rings is 1. The monoisotopic (exact) mass is 297 g/mol. The van der Waals surface area contributed by atoms with Crippen molar-refractivity contribution < 1.29 is 23.1 Å². The van der Waals surface area contributed by atoms with Gasteiger partial charge in [-0.1, -0.05) is 18.2 Å². The number of nitrogens with zero attached hydrogens (tertiary/aromatic N) is 1. The van der Waals surface area contributed by atoms with E-state index in [0.29, 0.717) is 0 Å². The van der Waals surface area contributed by atoms with Crippen molar-refractivity contribution in [3.63, 3.8) is 0 Å². The van der Waals surface area contributed by atoms with E-state index < -0.39 is 28.8 Å². The largest absolute Gasteiger partial charge is 0.468 e. The highest BCUT2D eigenvalue weighted by molar-refractivity contribution is 5.89. The highest BCUT2D eigenvalue weighted by Crippen LogP contribution is 2.37. The van der Waals surface area contributed by atoms with Crippen LogP contribution in [0.1, 0.15) is 19.4 Å². The fourth-order valence-electron chi connectivity index (χ4n) is 2.57. The number of halogens is 2. The maximum absolute atomic E-state index is 14.7. The summed E-state index contributed by atoms with van der Waals surface area (Å²) in [5.41, 5.74) is -3.60. The van der Waals surface area contributed by atoms with E-state index in [4.69, 9.17) is 0 Å². The van der Waals surface area contributed by atoms with Gasteiger partial charge in [-0.15, -0.1) is 0 Å². The van der Waals surface area contributed by atoms with Crippen molar-refractivity contribution in [3.05, 3.63) is 35.6 Å². The Kier molecular flexibility index (Phi) is 3.74. The lowest BCUT2D eigenvalue weighted by Crippen LogP contribution is -2.63. The van der Waals surface area contributed by atoms with Crippen LogP contribution in [0.25, 0.3) is 0 Å². The van der Waals surface area contributed by atoms with E-state index in [-0.39, 0.29) is 18.7 Å². The molecular formula is C15H17F2NO3. The number of likely N-dealkylation sites (tertiary alicyclic amines) is 1. The zero-order valence-corrected chi connectivity index (χ0v) is 12.2. The number of hydrogen-bond acceptors (Lipinski definition) is 3. The van der Waals surface area contributed by atoms with Gasteiger partial charge in [0.25, 0.3) is 5.91 Å². The van der Waals surface area contributed by atoms with Gasteiger partial charge < -0.3 is 9.64 Å². The molecule has 0 N–H and O–H groups in total. The quantitative estimate of drug-likeness (QED) is 0.802. The molecule has 1 heterocycles. The lowest BCUT2D eigenvalue weighted by atomic mass is 9.80. The minimum Gasteiger partial charge on any atom is -0.468 e. The predicted molar refractivity (Wildman–Crippen MR) is 71.6 cm³/mol. The van der Waals surface area contributed by atoms with Gasteiger partial charge in [0, 0.05) is 18.7 Å². The Morgan fingerprint density at radius 1 is 1.33 bits per heavy atom. The highest BCUT2D eigenvalue weighted by Gasteiger charge is 2.52. The molecule has 1 amide bonds. The molecule has 4 nitrogen and oxygen atoms in total. The van der Waals surface area contributed by atoms with Crippen molar-refractivity contribution >= 4 is 11.9 Å². The van der Waals surface area contributed by atoms with Gasteiger partial charge in [-0.25, -0.2) is 8.78 Å². The number of esters is 1. The van der Waals surface area contributed by atoms with Crippen LogP contribution >= 0.6 is 0 Å². The van der Waals surface area contributed by atoms with Crippen LogP contribution in [0.3, 0.4) is 0 Å². The van der Waals surface area contributed by atoms with Crippen LogP contribution < -0.4 is 0 Å². The van der Waals surface area contributed by atoms with Crippen LogP contribution in [0.4, 0.5) is 8.78 Å². The first-order chi connectivity index (χ1) is 9.72. The molecular weight excluding hydrogens is 280 g/mol. The number of rotatable bonds is 3. The summed E-state index contributed by atoms with van der Waals surface area (Å²) in [6.07, 6.45) is 0. The summed E-state index contributed by atoms with van der Waals surface area (Å²) in [5, 5.41) is 0. The second-order valence-corrected chi connectivity index (χ2v) is 5.70. The Morgan fingerprint density at radius 3 is 2.43 bits per heavy atom. The number of methoxy groups -OCH3 is 1. The molecule has 2 rings (SSSR count). The lowest BCUT2D eigenvalue weighted by molar-refractivity contribution is -0.171. The fourth-order valence-corrected chi connectivity index (χ4v) is 2.57. The van der Waals surface area contributed by atoms with Gasteiger partial charge in [0.1, 0.15) is 11.2 Å². The third kappa shape index (κ3) is 2.50. The minimum atomic E-state index is -2.47. The third-order valence-corrected chi connectivity index (χ3v) is 3.83. The molecule has 6 heteroatoms. The number of hydrogen-bond donors (Lipinski definition) is 0. The summed E-state index contributed by atoms with van der Waals surface area (Å²) in [5.74, 6) is -2.07. The first kappa shape index (κ1) is 15.4. The molecule has 1 atom stereocenters. The first-order valence-corrected chi connectivity index (χ1v) is 6.54. The van der Waals surface area contributed by atoms with Crippen molar-refractivity contribution in [2.75, 3.05) is 20.2 Å². The van der Waals surface area contributed by atoms with Crippen molar-refractivity contribution in [1.29, 1.82) is 0 Å². The average molecular weight is 297 g/mol. The number of amides is 1. The Balaban J connectivity index is 2.15. The summed E-state index contributed by atoms with van der Waals surface area (Å²) in [6.45, 7) is 2.79. The van der Waals surface area contributed by atoms with Crippen LogP contribution in [0, 0.1) is 11.2 Å². The van der Waals surface area contributed by atoms with E-state index in [9.17, 15) is 18.4 Å². The molecule has 1 unspecified atom stereocenters. The Hall–Kier alpha value is -1.98. The van der Waals surface area contributed by atoms with Crippen LogP contribution in [0.15, 0.2) is 24.3 Å². The molecule has 1 aliphatic heterocycles.